The molecular formula is C13H17N3O5S. The summed E-state index contributed by atoms with van der Waals surface area (Å²) in [5.41, 5.74) is 3.44. The van der Waals surface area contributed by atoms with Gasteiger partial charge >= 0.3 is 10.4 Å². The van der Waals surface area contributed by atoms with Crippen molar-refractivity contribution in [2.24, 2.45) is 0 Å². The van der Waals surface area contributed by atoms with Gasteiger partial charge in [-0.25, -0.2) is 4.98 Å². The Labute approximate surface area is 128 Å². The van der Waals surface area contributed by atoms with Gasteiger partial charge in [-0.15, -0.1) is 0 Å². The summed E-state index contributed by atoms with van der Waals surface area (Å²) in [6.45, 7) is 7.62. The largest absolute Gasteiger partial charge is 0.394 e. The summed E-state index contributed by atoms with van der Waals surface area (Å²) in [6.07, 6.45) is 1.79. The first kappa shape index (κ1) is 18.0. The van der Waals surface area contributed by atoms with Gasteiger partial charge < -0.3 is 0 Å². The highest BCUT2D eigenvalue weighted by molar-refractivity contribution is 7.79. The van der Waals surface area contributed by atoms with Gasteiger partial charge in [0.15, 0.2) is 5.82 Å². The minimum absolute atomic E-state index is 0.0868. The molecule has 0 bridgehead atoms. The van der Waals surface area contributed by atoms with Crippen LogP contribution in [-0.4, -0.2) is 32.1 Å². The van der Waals surface area contributed by atoms with E-state index < -0.39 is 10.4 Å². The molecule has 0 spiro atoms. The Bertz CT molecular complexity index is 835. The molecule has 0 fully saturated rings. The minimum atomic E-state index is -4.67. The van der Waals surface area contributed by atoms with Gasteiger partial charge in [0.2, 0.25) is 0 Å². The van der Waals surface area contributed by atoms with Crippen molar-refractivity contribution in [3.63, 3.8) is 0 Å². The molecule has 0 aliphatic carbocycles. The summed E-state index contributed by atoms with van der Waals surface area (Å²) in [5, 5.41) is 0. The molecule has 8 nitrogen and oxygen atoms in total. The van der Waals surface area contributed by atoms with Crippen molar-refractivity contribution < 1.29 is 17.5 Å². The molecule has 120 valence electrons. The fraction of sp³-hybridized carbons (Fsp3) is 0.308. The second-order valence-electron chi connectivity index (χ2n) is 4.67. The Morgan fingerprint density at radius 2 is 1.45 bits per heavy atom. The quantitative estimate of drug-likeness (QED) is 0.755. The van der Waals surface area contributed by atoms with Crippen molar-refractivity contribution in [1.29, 1.82) is 0 Å². The zero-order valence-corrected chi connectivity index (χ0v) is 13.4. The van der Waals surface area contributed by atoms with Gasteiger partial charge in [-0.05, 0) is 33.3 Å². The molecule has 2 aromatic rings. The highest BCUT2D eigenvalue weighted by atomic mass is 32.3. The van der Waals surface area contributed by atoms with Crippen LogP contribution in [0, 0.1) is 27.7 Å². The molecule has 0 saturated carbocycles. The number of hydrogen-bond donors (Lipinski definition) is 2. The summed E-state index contributed by atoms with van der Waals surface area (Å²) in [7, 11) is -4.67. The lowest BCUT2D eigenvalue weighted by molar-refractivity contribution is 0.381. The first-order valence-corrected chi connectivity index (χ1v) is 7.60. The van der Waals surface area contributed by atoms with E-state index in [1.165, 1.54) is 0 Å². The molecule has 0 aromatic carbocycles. The van der Waals surface area contributed by atoms with Crippen LogP contribution in [0.1, 0.15) is 22.6 Å². The molecule has 2 heterocycles. The lowest BCUT2D eigenvalue weighted by atomic mass is 10.3. The van der Waals surface area contributed by atoms with Gasteiger partial charge in [-0.2, -0.15) is 8.42 Å². The van der Waals surface area contributed by atoms with E-state index in [1.54, 1.807) is 22.9 Å². The SMILES string of the molecule is Cc1ccc(=O)n(-c2nc(C)c(C)nc2C)c1.O=S(=O)(O)O. The number of aryl methyl sites for hydroxylation is 4. The van der Waals surface area contributed by atoms with Crippen LogP contribution in [0.4, 0.5) is 0 Å². The third-order valence-corrected chi connectivity index (χ3v) is 2.74. The molecule has 0 amide bonds. The van der Waals surface area contributed by atoms with Crippen LogP contribution in [0.3, 0.4) is 0 Å². The summed E-state index contributed by atoms with van der Waals surface area (Å²) in [5.74, 6) is 0.613. The highest BCUT2D eigenvalue weighted by Gasteiger charge is 2.08. The molecule has 0 atom stereocenters. The van der Waals surface area contributed by atoms with E-state index in [9.17, 15) is 4.79 Å². The molecule has 0 radical (unpaired) electrons. The molecule has 0 unspecified atom stereocenters. The predicted molar refractivity (Wildman–Crippen MR) is 80.8 cm³/mol. The molecule has 2 N–H and O–H groups in total. The first-order chi connectivity index (χ1) is 9.99. The smallest absolute Gasteiger partial charge is 0.269 e. The van der Waals surface area contributed by atoms with E-state index in [2.05, 4.69) is 9.97 Å². The van der Waals surface area contributed by atoms with Gasteiger partial charge in [0.1, 0.15) is 0 Å². The van der Waals surface area contributed by atoms with Crippen LogP contribution >= 0.6 is 0 Å². The van der Waals surface area contributed by atoms with Gasteiger partial charge in [0.25, 0.3) is 5.56 Å². The van der Waals surface area contributed by atoms with E-state index in [4.69, 9.17) is 17.5 Å². The monoisotopic (exact) mass is 327 g/mol. The number of hydrogen-bond acceptors (Lipinski definition) is 5. The van der Waals surface area contributed by atoms with Gasteiger partial charge in [0.05, 0.1) is 17.1 Å². The topological polar surface area (TPSA) is 122 Å². The van der Waals surface area contributed by atoms with E-state index in [0.29, 0.717) is 5.82 Å². The van der Waals surface area contributed by atoms with Crippen LogP contribution < -0.4 is 5.56 Å². The second-order valence-corrected chi connectivity index (χ2v) is 5.56. The predicted octanol–water partition coefficient (Wildman–Crippen LogP) is 1.21. The van der Waals surface area contributed by atoms with Crippen molar-refractivity contribution in [2.45, 2.75) is 27.7 Å². The third-order valence-electron chi connectivity index (χ3n) is 2.74. The Hall–Kier alpha value is -2.10. The number of pyridine rings is 1. The maximum Gasteiger partial charge on any atom is 0.394 e. The Morgan fingerprint density at radius 3 is 2.00 bits per heavy atom. The highest BCUT2D eigenvalue weighted by Crippen LogP contribution is 2.10. The van der Waals surface area contributed by atoms with Crippen molar-refractivity contribution >= 4 is 10.4 Å². The van der Waals surface area contributed by atoms with Crippen molar-refractivity contribution in [3.05, 3.63) is 51.3 Å². The van der Waals surface area contributed by atoms with Crippen LogP contribution in [0.25, 0.3) is 5.82 Å². The molecule has 0 saturated heterocycles. The second kappa shape index (κ2) is 6.77. The molecule has 0 aliphatic rings. The Balaban J connectivity index is 0.000000422. The average molecular weight is 327 g/mol. The Morgan fingerprint density at radius 1 is 0.955 bits per heavy atom. The molecule has 0 aliphatic heterocycles. The third kappa shape index (κ3) is 5.35. The molecule has 2 rings (SSSR count). The van der Waals surface area contributed by atoms with Gasteiger partial charge in [-0.1, -0.05) is 6.07 Å². The average Bonchev–Trinajstić information content (AvgIpc) is 2.35. The van der Waals surface area contributed by atoms with E-state index in [-0.39, 0.29) is 5.56 Å². The summed E-state index contributed by atoms with van der Waals surface area (Å²) >= 11 is 0. The van der Waals surface area contributed by atoms with E-state index in [1.807, 2.05) is 27.7 Å². The fourth-order valence-corrected chi connectivity index (χ4v) is 1.69. The standard InChI is InChI=1S/C13H15N3O.H2O4S/c1-8-5-6-12(17)16(7-8)13-11(4)14-9(2)10(3)15-13;1-5(2,3)4/h5-7H,1-4H3;(H2,1,2,3,4). The normalized spacial score (nSPS) is 10.8. The van der Waals surface area contributed by atoms with Gasteiger partial charge in [0, 0.05) is 12.3 Å². The molecule has 9 heteroatoms. The summed E-state index contributed by atoms with van der Waals surface area (Å²) in [4.78, 5) is 20.7. The van der Waals surface area contributed by atoms with Crippen LogP contribution in [-0.2, 0) is 10.4 Å². The number of nitrogens with zero attached hydrogens (tertiary/aromatic N) is 3. The zero-order valence-electron chi connectivity index (χ0n) is 12.6. The number of rotatable bonds is 1. The fourth-order valence-electron chi connectivity index (χ4n) is 1.69. The molecule has 2 aromatic heterocycles. The summed E-state index contributed by atoms with van der Waals surface area (Å²) in [6, 6.07) is 3.34. The summed E-state index contributed by atoms with van der Waals surface area (Å²) < 4.78 is 33.1. The van der Waals surface area contributed by atoms with Crippen LogP contribution in [0.15, 0.2) is 23.1 Å². The zero-order chi connectivity index (χ0) is 17.1. The Kier molecular flexibility index (Phi) is 5.53. The lowest BCUT2D eigenvalue weighted by Gasteiger charge is -2.10. The number of aromatic nitrogens is 3. The van der Waals surface area contributed by atoms with E-state index in [0.717, 1.165) is 22.6 Å². The van der Waals surface area contributed by atoms with Crippen LogP contribution in [0.5, 0.6) is 0 Å². The van der Waals surface area contributed by atoms with Crippen molar-refractivity contribution in [1.82, 2.24) is 14.5 Å². The van der Waals surface area contributed by atoms with Crippen molar-refractivity contribution in [2.75, 3.05) is 0 Å². The molecule has 22 heavy (non-hydrogen) atoms. The maximum atomic E-state index is 11.8. The lowest BCUT2D eigenvalue weighted by Crippen LogP contribution is -2.20. The van der Waals surface area contributed by atoms with Gasteiger partial charge in [-0.3, -0.25) is 23.5 Å². The minimum Gasteiger partial charge on any atom is -0.269 e. The van der Waals surface area contributed by atoms with E-state index >= 15 is 0 Å². The first-order valence-electron chi connectivity index (χ1n) is 6.20. The maximum absolute atomic E-state index is 11.8. The molecular weight excluding hydrogens is 310 g/mol. The van der Waals surface area contributed by atoms with Crippen molar-refractivity contribution in [3.8, 4) is 5.82 Å². The van der Waals surface area contributed by atoms with Crippen LogP contribution in [0.2, 0.25) is 0 Å².